The molecule has 118 valence electrons. The van der Waals surface area contributed by atoms with Crippen molar-refractivity contribution in [2.75, 3.05) is 33.7 Å². The first-order chi connectivity index (χ1) is 8.58. The van der Waals surface area contributed by atoms with Crippen LogP contribution in [0.4, 0.5) is 0 Å². The number of likely N-dealkylation sites (N-methyl/N-ethyl adjacent to an activating group) is 2. The van der Waals surface area contributed by atoms with Gasteiger partial charge in [0.05, 0.1) is 6.20 Å². The normalized spacial score (nSPS) is 11.4. The van der Waals surface area contributed by atoms with Gasteiger partial charge >= 0.3 is 0 Å². The fourth-order valence-corrected chi connectivity index (χ4v) is 1.67. The first-order valence-corrected chi connectivity index (χ1v) is 6.20. The van der Waals surface area contributed by atoms with Gasteiger partial charge < -0.3 is 15.5 Å². The molecule has 1 amide bonds. The highest BCUT2D eigenvalue weighted by molar-refractivity contribution is 5.85. The number of nitrogens with one attached hydrogen (secondary N) is 2. The summed E-state index contributed by atoms with van der Waals surface area (Å²) in [6.45, 7) is 4.58. The molecule has 0 aliphatic heterocycles. The monoisotopic (exact) mass is 325 g/mol. The number of rotatable bonds is 7. The zero-order valence-corrected chi connectivity index (χ0v) is 14.1. The number of hydrogen-bond acceptors (Lipinski definition) is 4. The molecule has 1 unspecified atom stereocenters. The molecule has 0 fully saturated rings. The van der Waals surface area contributed by atoms with Crippen LogP contribution in [0.1, 0.15) is 18.5 Å². The second-order valence-corrected chi connectivity index (χ2v) is 4.36. The van der Waals surface area contributed by atoms with Crippen LogP contribution in [0.15, 0.2) is 12.4 Å². The van der Waals surface area contributed by atoms with Crippen molar-refractivity contribution in [3.63, 3.8) is 0 Å². The van der Waals surface area contributed by atoms with E-state index in [1.54, 1.807) is 17.9 Å². The Hall–Kier alpha value is -0.820. The van der Waals surface area contributed by atoms with E-state index >= 15 is 0 Å². The number of nitrogens with zero attached hydrogens (tertiary/aromatic N) is 3. The Bertz CT molecular complexity index is 386. The molecule has 0 saturated heterocycles. The van der Waals surface area contributed by atoms with E-state index in [1.165, 1.54) is 0 Å². The van der Waals surface area contributed by atoms with E-state index in [4.69, 9.17) is 0 Å². The Morgan fingerprint density at radius 2 is 2.15 bits per heavy atom. The van der Waals surface area contributed by atoms with Crippen LogP contribution in [0.3, 0.4) is 0 Å². The van der Waals surface area contributed by atoms with Crippen LogP contribution in [0.5, 0.6) is 0 Å². The quantitative estimate of drug-likeness (QED) is 0.770. The lowest BCUT2D eigenvalue weighted by Crippen LogP contribution is -2.39. The fraction of sp³-hybridized carbons (Fsp3) is 0.667. The summed E-state index contributed by atoms with van der Waals surface area (Å²) < 4.78 is 1.69. The molecule has 20 heavy (non-hydrogen) atoms. The molecule has 1 aromatic heterocycles. The van der Waals surface area contributed by atoms with E-state index < -0.39 is 0 Å². The van der Waals surface area contributed by atoms with Gasteiger partial charge in [0.15, 0.2) is 0 Å². The first kappa shape index (κ1) is 21.5. The average Bonchev–Trinajstić information content (AvgIpc) is 2.76. The predicted octanol–water partition coefficient (Wildman–Crippen LogP) is 0.592. The van der Waals surface area contributed by atoms with Crippen molar-refractivity contribution in [1.82, 2.24) is 25.3 Å². The highest BCUT2D eigenvalue weighted by atomic mass is 35.5. The van der Waals surface area contributed by atoms with Crippen LogP contribution in [-0.2, 0) is 11.8 Å². The lowest BCUT2D eigenvalue weighted by molar-refractivity contribution is -0.123. The highest BCUT2D eigenvalue weighted by Crippen LogP contribution is 2.10. The maximum absolute atomic E-state index is 12.0. The summed E-state index contributed by atoms with van der Waals surface area (Å²) in [5.41, 5.74) is 0.876. The molecule has 0 aromatic carbocycles. The fourth-order valence-electron chi connectivity index (χ4n) is 1.67. The SMILES string of the molecule is CCN(C)CCNC(=O)C(NC)c1cnn(C)c1.Cl.Cl. The second-order valence-electron chi connectivity index (χ2n) is 4.36. The molecule has 1 aromatic rings. The van der Waals surface area contributed by atoms with Crippen molar-refractivity contribution in [3.05, 3.63) is 18.0 Å². The maximum Gasteiger partial charge on any atom is 0.241 e. The Morgan fingerprint density at radius 1 is 1.50 bits per heavy atom. The predicted molar refractivity (Wildman–Crippen MR) is 85.7 cm³/mol. The molecule has 8 heteroatoms. The van der Waals surface area contributed by atoms with Crippen molar-refractivity contribution >= 4 is 30.7 Å². The summed E-state index contributed by atoms with van der Waals surface area (Å²) >= 11 is 0. The highest BCUT2D eigenvalue weighted by Gasteiger charge is 2.19. The Kier molecular flexibility index (Phi) is 11.7. The third-order valence-corrected chi connectivity index (χ3v) is 2.94. The van der Waals surface area contributed by atoms with E-state index in [0.29, 0.717) is 6.54 Å². The molecule has 0 aliphatic rings. The van der Waals surface area contributed by atoms with E-state index in [9.17, 15) is 4.79 Å². The molecule has 1 rings (SSSR count). The van der Waals surface area contributed by atoms with Crippen molar-refractivity contribution in [2.24, 2.45) is 7.05 Å². The van der Waals surface area contributed by atoms with Gasteiger partial charge in [-0.2, -0.15) is 5.10 Å². The standard InChI is InChI=1S/C12H23N5O.2ClH/c1-5-16(3)7-6-14-12(18)11(13-2)10-8-15-17(4)9-10;;/h8-9,11,13H,5-7H2,1-4H3,(H,14,18);2*1H. The van der Waals surface area contributed by atoms with Crippen LogP contribution >= 0.6 is 24.8 Å². The van der Waals surface area contributed by atoms with Crippen molar-refractivity contribution in [3.8, 4) is 0 Å². The van der Waals surface area contributed by atoms with Crippen LogP contribution in [-0.4, -0.2) is 54.3 Å². The van der Waals surface area contributed by atoms with Crippen molar-refractivity contribution < 1.29 is 4.79 Å². The number of amides is 1. The van der Waals surface area contributed by atoms with Crippen molar-refractivity contribution in [2.45, 2.75) is 13.0 Å². The van der Waals surface area contributed by atoms with E-state index in [0.717, 1.165) is 18.7 Å². The Morgan fingerprint density at radius 3 is 2.60 bits per heavy atom. The number of carbonyl (C=O) groups is 1. The van der Waals surface area contributed by atoms with Gasteiger partial charge in [-0.1, -0.05) is 6.92 Å². The molecule has 0 saturated carbocycles. The maximum atomic E-state index is 12.0. The van der Waals surface area contributed by atoms with Crippen molar-refractivity contribution in [1.29, 1.82) is 0 Å². The van der Waals surface area contributed by atoms with Gasteiger partial charge in [0.2, 0.25) is 5.91 Å². The number of halogens is 2. The van der Waals surface area contributed by atoms with Gasteiger partial charge in [0.25, 0.3) is 0 Å². The minimum absolute atomic E-state index is 0. The second kappa shape index (κ2) is 10.9. The molecule has 0 aliphatic carbocycles. The number of carbonyl (C=O) groups excluding carboxylic acids is 1. The summed E-state index contributed by atoms with van der Waals surface area (Å²) in [4.78, 5) is 14.2. The summed E-state index contributed by atoms with van der Waals surface area (Å²) in [5, 5.41) is 10.0. The molecule has 0 bridgehead atoms. The average molecular weight is 326 g/mol. The van der Waals surface area contributed by atoms with Gasteiger partial charge in [-0.15, -0.1) is 24.8 Å². The molecule has 1 atom stereocenters. The Balaban J connectivity index is 0. The number of aryl methyl sites for hydroxylation is 1. The van der Waals surface area contributed by atoms with Gasteiger partial charge in [0, 0.05) is 31.9 Å². The molecule has 0 radical (unpaired) electrons. The smallest absolute Gasteiger partial charge is 0.241 e. The lowest BCUT2D eigenvalue weighted by Gasteiger charge is -2.17. The third-order valence-electron chi connectivity index (χ3n) is 2.94. The zero-order chi connectivity index (χ0) is 13.5. The summed E-state index contributed by atoms with van der Waals surface area (Å²) in [6.07, 6.45) is 3.55. The van der Waals surface area contributed by atoms with Crippen LogP contribution < -0.4 is 10.6 Å². The number of hydrogen-bond donors (Lipinski definition) is 2. The zero-order valence-electron chi connectivity index (χ0n) is 12.4. The van der Waals surface area contributed by atoms with E-state index in [2.05, 4.69) is 27.6 Å². The van der Waals surface area contributed by atoms with Gasteiger partial charge in [-0.05, 0) is 20.6 Å². The summed E-state index contributed by atoms with van der Waals surface area (Å²) in [7, 11) is 5.64. The first-order valence-electron chi connectivity index (χ1n) is 6.20. The largest absolute Gasteiger partial charge is 0.353 e. The van der Waals surface area contributed by atoms with Crippen LogP contribution in [0, 0.1) is 0 Å². The topological polar surface area (TPSA) is 62.2 Å². The third kappa shape index (κ3) is 6.56. The minimum Gasteiger partial charge on any atom is -0.353 e. The molecular weight excluding hydrogens is 301 g/mol. The summed E-state index contributed by atoms with van der Waals surface area (Å²) in [6, 6.07) is -0.342. The van der Waals surface area contributed by atoms with E-state index in [1.807, 2.05) is 20.3 Å². The molecular formula is C12H25Cl2N5O. The molecule has 0 spiro atoms. The van der Waals surface area contributed by atoms with Gasteiger partial charge in [-0.25, -0.2) is 0 Å². The summed E-state index contributed by atoms with van der Waals surface area (Å²) in [5.74, 6) is -0.0185. The molecule has 1 heterocycles. The van der Waals surface area contributed by atoms with Crippen LogP contribution in [0.25, 0.3) is 0 Å². The van der Waals surface area contributed by atoms with Crippen LogP contribution in [0.2, 0.25) is 0 Å². The molecule has 2 N–H and O–H groups in total. The Labute approximate surface area is 133 Å². The van der Waals surface area contributed by atoms with Gasteiger partial charge in [-0.3, -0.25) is 9.48 Å². The number of aromatic nitrogens is 2. The lowest BCUT2D eigenvalue weighted by atomic mass is 10.1. The van der Waals surface area contributed by atoms with E-state index in [-0.39, 0.29) is 36.8 Å². The van der Waals surface area contributed by atoms with Gasteiger partial charge in [0.1, 0.15) is 6.04 Å². The minimum atomic E-state index is -0.342. The molecule has 6 nitrogen and oxygen atoms in total.